The van der Waals surface area contributed by atoms with Gasteiger partial charge in [0.2, 0.25) is 0 Å². The zero-order chi connectivity index (χ0) is 8.77. The second-order valence-electron chi connectivity index (χ2n) is 4.60. The van der Waals surface area contributed by atoms with Crippen LogP contribution < -0.4 is 0 Å². The first-order valence-corrected chi connectivity index (χ1v) is 5.03. The SMILES string of the molecule is C[C@@H]1CC[C@]2(CCC[C@H]2O)[C@@H]1O. The Morgan fingerprint density at radius 3 is 2.33 bits per heavy atom. The van der Waals surface area contributed by atoms with E-state index in [1.54, 1.807) is 0 Å². The summed E-state index contributed by atoms with van der Waals surface area (Å²) >= 11 is 0. The molecule has 0 heterocycles. The van der Waals surface area contributed by atoms with Crippen LogP contribution in [0.1, 0.15) is 39.0 Å². The Balaban J connectivity index is 2.20. The highest BCUT2D eigenvalue weighted by molar-refractivity contribution is 5.02. The Morgan fingerprint density at radius 1 is 1.17 bits per heavy atom. The van der Waals surface area contributed by atoms with Crippen molar-refractivity contribution >= 4 is 0 Å². The lowest BCUT2D eigenvalue weighted by molar-refractivity contribution is -0.0428. The van der Waals surface area contributed by atoms with Crippen LogP contribution in [0.2, 0.25) is 0 Å². The Bertz CT molecular complexity index is 181. The van der Waals surface area contributed by atoms with Crippen molar-refractivity contribution in [2.24, 2.45) is 11.3 Å². The monoisotopic (exact) mass is 170 g/mol. The first kappa shape index (κ1) is 8.52. The average Bonchev–Trinajstić information content (AvgIpc) is 2.54. The quantitative estimate of drug-likeness (QED) is 0.575. The van der Waals surface area contributed by atoms with E-state index >= 15 is 0 Å². The van der Waals surface area contributed by atoms with Gasteiger partial charge in [-0.05, 0) is 31.6 Å². The maximum Gasteiger partial charge on any atom is 0.0646 e. The van der Waals surface area contributed by atoms with Gasteiger partial charge in [-0.1, -0.05) is 13.3 Å². The lowest BCUT2D eigenvalue weighted by Crippen LogP contribution is -2.39. The summed E-state index contributed by atoms with van der Waals surface area (Å²) in [6.07, 6.45) is 4.62. The zero-order valence-electron chi connectivity index (χ0n) is 7.66. The van der Waals surface area contributed by atoms with E-state index in [4.69, 9.17) is 0 Å². The molecule has 4 atom stereocenters. The number of hydrogen-bond acceptors (Lipinski definition) is 2. The van der Waals surface area contributed by atoms with Gasteiger partial charge in [0.25, 0.3) is 0 Å². The van der Waals surface area contributed by atoms with Crippen molar-refractivity contribution in [3.8, 4) is 0 Å². The Kier molecular flexibility index (Phi) is 1.92. The van der Waals surface area contributed by atoms with Gasteiger partial charge in [0.15, 0.2) is 0 Å². The molecule has 2 aliphatic carbocycles. The van der Waals surface area contributed by atoms with Gasteiger partial charge in [-0.3, -0.25) is 0 Å². The molecule has 0 unspecified atom stereocenters. The van der Waals surface area contributed by atoms with Crippen LogP contribution >= 0.6 is 0 Å². The maximum atomic E-state index is 9.96. The fourth-order valence-corrected chi connectivity index (χ4v) is 3.08. The first-order chi connectivity index (χ1) is 5.67. The van der Waals surface area contributed by atoms with Crippen molar-refractivity contribution in [3.05, 3.63) is 0 Å². The molecule has 2 nitrogen and oxygen atoms in total. The van der Waals surface area contributed by atoms with Crippen LogP contribution in [-0.2, 0) is 0 Å². The van der Waals surface area contributed by atoms with E-state index in [0.717, 1.165) is 32.1 Å². The predicted molar refractivity (Wildman–Crippen MR) is 46.7 cm³/mol. The van der Waals surface area contributed by atoms with Gasteiger partial charge in [0.1, 0.15) is 0 Å². The molecule has 0 aliphatic heterocycles. The number of hydrogen-bond donors (Lipinski definition) is 2. The molecule has 12 heavy (non-hydrogen) atoms. The largest absolute Gasteiger partial charge is 0.392 e. The number of rotatable bonds is 0. The Hall–Kier alpha value is -0.0800. The molecular weight excluding hydrogens is 152 g/mol. The summed E-state index contributed by atoms with van der Waals surface area (Å²) in [5.74, 6) is 0.387. The summed E-state index contributed by atoms with van der Waals surface area (Å²) in [5, 5.41) is 19.8. The van der Waals surface area contributed by atoms with Gasteiger partial charge in [0, 0.05) is 5.41 Å². The molecule has 2 N–H and O–H groups in total. The minimum atomic E-state index is -0.255. The van der Waals surface area contributed by atoms with Crippen LogP contribution in [0.5, 0.6) is 0 Å². The van der Waals surface area contributed by atoms with Crippen LogP contribution in [0.25, 0.3) is 0 Å². The molecule has 2 rings (SSSR count). The topological polar surface area (TPSA) is 40.5 Å². The fourth-order valence-electron chi connectivity index (χ4n) is 3.08. The molecule has 2 aliphatic rings. The highest BCUT2D eigenvalue weighted by atomic mass is 16.3. The summed E-state index contributed by atoms with van der Waals surface area (Å²) in [7, 11) is 0. The van der Waals surface area contributed by atoms with Crippen molar-refractivity contribution in [1.29, 1.82) is 0 Å². The summed E-state index contributed by atoms with van der Waals surface area (Å²) in [6.45, 7) is 2.09. The van der Waals surface area contributed by atoms with Gasteiger partial charge < -0.3 is 10.2 Å². The van der Waals surface area contributed by atoms with E-state index in [1.165, 1.54) is 0 Å². The Morgan fingerprint density at radius 2 is 1.92 bits per heavy atom. The normalized spacial score (nSPS) is 53.8. The zero-order valence-corrected chi connectivity index (χ0v) is 7.66. The summed E-state index contributed by atoms with van der Waals surface area (Å²) < 4.78 is 0. The lowest BCUT2D eigenvalue weighted by atomic mass is 9.79. The van der Waals surface area contributed by atoms with Crippen molar-refractivity contribution < 1.29 is 10.2 Å². The van der Waals surface area contributed by atoms with E-state index in [2.05, 4.69) is 6.92 Å². The molecule has 0 aromatic rings. The third-order valence-corrected chi connectivity index (χ3v) is 3.98. The van der Waals surface area contributed by atoms with Crippen LogP contribution in [0.4, 0.5) is 0 Å². The van der Waals surface area contributed by atoms with Crippen LogP contribution in [0.3, 0.4) is 0 Å². The first-order valence-electron chi connectivity index (χ1n) is 5.03. The molecule has 70 valence electrons. The van der Waals surface area contributed by atoms with Crippen LogP contribution in [-0.4, -0.2) is 22.4 Å². The standard InChI is InChI=1S/C10H18O2/c1-7-4-6-10(9(7)12)5-2-3-8(10)11/h7-9,11-12H,2-6H2,1H3/t7-,8-,9-,10+/m1/s1. The molecule has 0 bridgehead atoms. The predicted octanol–water partition coefficient (Wildman–Crippen LogP) is 1.31. The van der Waals surface area contributed by atoms with Crippen molar-refractivity contribution in [2.75, 3.05) is 0 Å². The second kappa shape index (κ2) is 2.71. The van der Waals surface area contributed by atoms with E-state index < -0.39 is 0 Å². The van der Waals surface area contributed by atoms with Gasteiger partial charge >= 0.3 is 0 Å². The molecule has 0 amide bonds. The molecule has 0 aromatic heterocycles. The molecule has 2 saturated carbocycles. The van der Waals surface area contributed by atoms with Crippen LogP contribution in [0, 0.1) is 11.3 Å². The lowest BCUT2D eigenvalue weighted by Gasteiger charge is -2.32. The van der Waals surface area contributed by atoms with Gasteiger partial charge in [0.05, 0.1) is 12.2 Å². The molecule has 0 radical (unpaired) electrons. The van der Waals surface area contributed by atoms with E-state index in [-0.39, 0.29) is 17.6 Å². The number of aliphatic hydroxyl groups is 2. The average molecular weight is 170 g/mol. The second-order valence-corrected chi connectivity index (χ2v) is 4.60. The van der Waals surface area contributed by atoms with Gasteiger partial charge in [-0.25, -0.2) is 0 Å². The summed E-state index contributed by atoms with van der Waals surface area (Å²) in [6, 6.07) is 0. The molecule has 0 aromatic carbocycles. The summed E-state index contributed by atoms with van der Waals surface area (Å²) in [4.78, 5) is 0. The van der Waals surface area contributed by atoms with Crippen molar-refractivity contribution in [2.45, 2.75) is 51.2 Å². The molecular formula is C10H18O2. The third-order valence-electron chi connectivity index (χ3n) is 3.98. The third kappa shape index (κ3) is 0.944. The number of aliphatic hydroxyl groups excluding tert-OH is 2. The smallest absolute Gasteiger partial charge is 0.0646 e. The minimum absolute atomic E-state index is 0.112. The highest BCUT2D eigenvalue weighted by Gasteiger charge is 2.52. The maximum absolute atomic E-state index is 9.96. The molecule has 1 spiro atoms. The van der Waals surface area contributed by atoms with E-state index in [9.17, 15) is 10.2 Å². The van der Waals surface area contributed by atoms with Gasteiger partial charge in [-0.2, -0.15) is 0 Å². The molecule has 2 heteroatoms. The molecule has 2 fully saturated rings. The van der Waals surface area contributed by atoms with E-state index in [0.29, 0.717) is 5.92 Å². The van der Waals surface area contributed by atoms with Crippen molar-refractivity contribution in [1.82, 2.24) is 0 Å². The van der Waals surface area contributed by atoms with Crippen LogP contribution in [0.15, 0.2) is 0 Å². The van der Waals surface area contributed by atoms with Gasteiger partial charge in [-0.15, -0.1) is 0 Å². The fraction of sp³-hybridized carbons (Fsp3) is 1.00. The van der Waals surface area contributed by atoms with E-state index in [1.807, 2.05) is 0 Å². The molecule has 0 saturated heterocycles. The summed E-state index contributed by atoms with van der Waals surface area (Å²) in [5.41, 5.74) is -0.112. The highest BCUT2D eigenvalue weighted by Crippen LogP contribution is 2.52. The minimum Gasteiger partial charge on any atom is -0.392 e. The van der Waals surface area contributed by atoms with Crippen molar-refractivity contribution in [3.63, 3.8) is 0 Å². The Labute approximate surface area is 73.6 Å².